The summed E-state index contributed by atoms with van der Waals surface area (Å²) in [6.45, 7) is 9.71. The van der Waals surface area contributed by atoms with Crippen LogP contribution in [0.15, 0.2) is 77.2 Å². The van der Waals surface area contributed by atoms with Crippen molar-refractivity contribution < 1.29 is 14.2 Å². The predicted molar refractivity (Wildman–Crippen MR) is 170 cm³/mol. The van der Waals surface area contributed by atoms with Crippen LogP contribution in [0, 0.1) is 5.92 Å². The highest BCUT2D eigenvalue weighted by Gasteiger charge is 2.36. The second kappa shape index (κ2) is 9.07. The van der Waals surface area contributed by atoms with Gasteiger partial charge in [-0.1, -0.05) is 61.5 Å². The van der Waals surface area contributed by atoms with E-state index >= 15 is 0 Å². The minimum atomic E-state index is -0.978. The van der Waals surface area contributed by atoms with Crippen LogP contribution in [0.25, 0.3) is 54.9 Å². The summed E-state index contributed by atoms with van der Waals surface area (Å²) in [6, 6.07) is 25.9. The Bertz CT molecular complexity index is 2060. The molecule has 4 aromatic carbocycles. The van der Waals surface area contributed by atoms with Gasteiger partial charge in [-0.3, -0.25) is 0 Å². The van der Waals surface area contributed by atoms with Crippen molar-refractivity contribution >= 4 is 79.2 Å². The van der Waals surface area contributed by atoms with Crippen LogP contribution in [0.5, 0.6) is 0 Å². The second-order valence-electron chi connectivity index (χ2n) is 12.2. The quantitative estimate of drug-likeness (QED) is 0.245. The average molecular weight is 544 g/mol. The molecular formula is C35H32BO3S. The van der Waals surface area contributed by atoms with Crippen molar-refractivity contribution in [2.45, 2.75) is 51.7 Å². The molecule has 0 spiro atoms. The van der Waals surface area contributed by atoms with Gasteiger partial charge in [0.05, 0.1) is 11.2 Å². The van der Waals surface area contributed by atoms with Gasteiger partial charge in [-0.2, -0.15) is 0 Å². The highest BCUT2D eigenvalue weighted by Crippen LogP contribution is 2.37. The van der Waals surface area contributed by atoms with Crippen LogP contribution in [0.2, 0.25) is 0 Å². The molecule has 1 aliphatic carbocycles. The molecule has 5 heteroatoms. The molecule has 2 aromatic heterocycles. The molecule has 0 saturated carbocycles. The van der Waals surface area contributed by atoms with Crippen molar-refractivity contribution in [2.75, 3.05) is 0 Å². The minimum Gasteiger partial charge on any atom is -0.456 e. The molecule has 40 heavy (non-hydrogen) atoms. The number of hydrogen-bond donors (Lipinski definition) is 1. The summed E-state index contributed by atoms with van der Waals surface area (Å²) in [6.07, 6.45) is 4.86. The Balaban J connectivity index is 1.34. The van der Waals surface area contributed by atoms with E-state index < -0.39 is 11.2 Å². The van der Waals surface area contributed by atoms with Crippen LogP contribution >= 0.6 is 11.3 Å². The van der Waals surface area contributed by atoms with E-state index in [1.54, 1.807) is 13.8 Å². The molecule has 0 amide bonds. The molecule has 0 bridgehead atoms. The lowest BCUT2D eigenvalue weighted by molar-refractivity contribution is -0.0893. The van der Waals surface area contributed by atoms with E-state index in [-0.39, 0.29) is 5.92 Å². The molecule has 1 radical (unpaired) electrons. The lowest BCUT2D eigenvalue weighted by atomic mass is 9.79. The molecule has 7 rings (SSSR count). The first-order valence-electron chi connectivity index (χ1n) is 13.9. The summed E-state index contributed by atoms with van der Waals surface area (Å²) in [5.41, 5.74) is 2.47. The zero-order valence-electron chi connectivity index (χ0n) is 23.5. The van der Waals surface area contributed by atoms with Crippen LogP contribution < -0.4 is 15.2 Å². The Morgan fingerprint density at radius 3 is 2.38 bits per heavy atom. The molecule has 2 heterocycles. The Labute approximate surface area is 238 Å². The maximum atomic E-state index is 10.6. The van der Waals surface area contributed by atoms with Crippen molar-refractivity contribution in [3.63, 3.8) is 0 Å². The fourth-order valence-corrected chi connectivity index (χ4v) is 7.00. The zero-order chi connectivity index (χ0) is 27.8. The molecule has 1 aliphatic rings. The van der Waals surface area contributed by atoms with Crippen molar-refractivity contribution in [1.82, 2.24) is 0 Å². The lowest BCUT2D eigenvalue weighted by Gasteiger charge is -2.37. The highest BCUT2D eigenvalue weighted by molar-refractivity contribution is 7.17. The number of furan rings is 1. The van der Waals surface area contributed by atoms with Crippen molar-refractivity contribution in [3.8, 4) is 0 Å². The molecule has 0 saturated heterocycles. The number of fused-ring (bicyclic) bond motifs is 7. The summed E-state index contributed by atoms with van der Waals surface area (Å²) < 4.78 is 15.0. The Hall–Kier alpha value is -3.38. The molecule has 2 atom stereocenters. The van der Waals surface area contributed by atoms with Gasteiger partial charge in [0, 0.05) is 25.9 Å². The Kier molecular flexibility index (Phi) is 5.80. The molecular weight excluding hydrogens is 511 g/mol. The largest absolute Gasteiger partial charge is 0.456 e. The van der Waals surface area contributed by atoms with Gasteiger partial charge in [0.15, 0.2) is 0 Å². The third kappa shape index (κ3) is 4.11. The van der Waals surface area contributed by atoms with Crippen LogP contribution in [0.4, 0.5) is 0 Å². The van der Waals surface area contributed by atoms with Gasteiger partial charge in [0.25, 0.3) is 0 Å². The normalized spacial score (nSPS) is 17.8. The number of aliphatic hydroxyl groups is 1. The van der Waals surface area contributed by atoms with Crippen molar-refractivity contribution in [1.29, 1.82) is 0 Å². The number of thiophene rings is 1. The Morgan fingerprint density at radius 1 is 0.850 bits per heavy atom. The van der Waals surface area contributed by atoms with E-state index in [0.717, 1.165) is 27.4 Å². The topological polar surface area (TPSA) is 42.6 Å². The van der Waals surface area contributed by atoms with E-state index in [4.69, 9.17) is 9.07 Å². The van der Waals surface area contributed by atoms with Gasteiger partial charge < -0.3 is 14.2 Å². The van der Waals surface area contributed by atoms with Gasteiger partial charge >= 0.3 is 7.48 Å². The summed E-state index contributed by atoms with van der Waals surface area (Å²) in [4.78, 5) is 0. The first kappa shape index (κ1) is 25.6. The summed E-state index contributed by atoms with van der Waals surface area (Å²) in [5, 5.41) is 17.8. The summed E-state index contributed by atoms with van der Waals surface area (Å²) in [5.74, 6) is 0.594. The average Bonchev–Trinajstić information content (AvgIpc) is 3.46. The SMILES string of the molecule is CC1C=c2sc3cccc([B]OC(C)(C)C(C)(C)O)c3c2=CC1c1ccc2oc3cc4ccccc4cc3c2c1. The van der Waals surface area contributed by atoms with E-state index in [9.17, 15) is 5.11 Å². The highest BCUT2D eigenvalue weighted by atomic mass is 32.1. The minimum absolute atomic E-state index is 0.238. The van der Waals surface area contributed by atoms with E-state index in [2.05, 4.69) is 91.9 Å². The van der Waals surface area contributed by atoms with Crippen LogP contribution in [0.3, 0.4) is 0 Å². The maximum absolute atomic E-state index is 10.6. The molecule has 199 valence electrons. The fraction of sp³-hybridized carbons (Fsp3) is 0.257. The Morgan fingerprint density at radius 2 is 1.60 bits per heavy atom. The molecule has 6 aromatic rings. The first-order chi connectivity index (χ1) is 19.1. The monoisotopic (exact) mass is 543 g/mol. The molecule has 1 N–H and O–H groups in total. The van der Waals surface area contributed by atoms with Crippen LogP contribution in [-0.2, 0) is 4.65 Å². The maximum Gasteiger partial charge on any atom is 0.331 e. The first-order valence-corrected chi connectivity index (χ1v) is 14.7. The smallest absolute Gasteiger partial charge is 0.331 e. The van der Waals surface area contributed by atoms with E-state index in [1.165, 1.54) is 36.2 Å². The number of hydrogen-bond acceptors (Lipinski definition) is 4. The van der Waals surface area contributed by atoms with Crippen molar-refractivity contribution in [3.05, 3.63) is 88.1 Å². The van der Waals surface area contributed by atoms with E-state index in [0.29, 0.717) is 5.92 Å². The van der Waals surface area contributed by atoms with Gasteiger partial charge in [0.1, 0.15) is 11.2 Å². The zero-order valence-corrected chi connectivity index (χ0v) is 24.3. The fourth-order valence-electron chi connectivity index (χ4n) is 5.72. The standard InChI is InChI=1S/C35H32BO3S/c1-20-15-32-27(33-28(11-8-12-31(33)40-32)36-39-35(4,5)34(2,3)37)19-24(20)23-13-14-29-25(17-23)26-16-21-9-6-7-10-22(21)18-30(26)38-29/h6-20,24,37H,1-5H3. The van der Waals surface area contributed by atoms with Crippen LogP contribution in [0.1, 0.15) is 46.1 Å². The molecule has 0 aliphatic heterocycles. The van der Waals surface area contributed by atoms with Gasteiger partial charge in [-0.25, -0.2) is 0 Å². The summed E-state index contributed by atoms with van der Waals surface area (Å²) >= 11 is 1.83. The van der Waals surface area contributed by atoms with E-state index in [1.807, 2.05) is 32.7 Å². The third-order valence-electron chi connectivity index (χ3n) is 8.84. The van der Waals surface area contributed by atoms with Gasteiger partial charge in [0.2, 0.25) is 0 Å². The van der Waals surface area contributed by atoms with Crippen LogP contribution in [-0.4, -0.2) is 23.8 Å². The van der Waals surface area contributed by atoms with Gasteiger partial charge in [-0.05, 0) is 96.3 Å². The second-order valence-corrected chi connectivity index (χ2v) is 13.3. The predicted octanol–water partition coefficient (Wildman–Crippen LogP) is 6.76. The molecule has 0 fully saturated rings. The molecule has 3 nitrogen and oxygen atoms in total. The van der Waals surface area contributed by atoms with Gasteiger partial charge in [-0.15, -0.1) is 11.3 Å². The summed E-state index contributed by atoms with van der Waals surface area (Å²) in [7, 11) is 1.82. The molecule has 2 unspecified atom stereocenters. The van der Waals surface area contributed by atoms with Crippen molar-refractivity contribution in [2.24, 2.45) is 5.92 Å². The third-order valence-corrected chi connectivity index (χ3v) is 9.98. The number of benzene rings is 4. The number of rotatable bonds is 5. The lowest BCUT2D eigenvalue weighted by Crippen LogP contribution is -2.49.